The predicted molar refractivity (Wildman–Crippen MR) is 124 cm³/mol. The maximum atomic E-state index is 9.66. The monoisotopic (exact) mass is 418 g/mol. The first kappa shape index (κ1) is 19.2. The van der Waals surface area contributed by atoms with E-state index in [-0.39, 0.29) is 0 Å². The number of nitrogens with one attached hydrogen (secondary N) is 3. The Kier molecular flexibility index (Phi) is 4.90. The zero-order valence-electron chi connectivity index (χ0n) is 17.2. The molecular formula is C24H18N8. The molecule has 32 heavy (non-hydrogen) atoms. The summed E-state index contributed by atoms with van der Waals surface area (Å²) in [5, 5.41) is 28.3. The van der Waals surface area contributed by atoms with Crippen LogP contribution in [0.5, 0.6) is 0 Å². The van der Waals surface area contributed by atoms with Crippen LogP contribution in [0.4, 0.5) is 11.4 Å². The molecule has 0 saturated carbocycles. The first-order valence-corrected chi connectivity index (χ1v) is 9.97. The smallest absolute Gasteiger partial charge is 0.204 e. The maximum Gasteiger partial charge on any atom is 0.204 e. The average molecular weight is 418 g/mol. The summed E-state index contributed by atoms with van der Waals surface area (Å²) < 4.78 is 0. The molecule has 0 amide bonds. The number of hydrogen-bond acceptors (Lipinski definition) is 6. The number of hydrogen-bond donors (Lipinski definition) is 3. The number of benzene rings is 2. The van der Waals surface area contributed by atoms with Crippen LogP contribution in [0.3, 0.4) is 0 Å². The van der Waals surface area contributed by atoms with Crippen LogP contribution in [0, 0.1) is 18.3 Å². The van der Waals surface area contributed by atoms with E-state index in [1.54, 1.807) is 12.4 Å². The second-order valence-corrected chi connectivity index (χ2v) is 7.26. The molecule has 0 unspecified atom stereocenters. The Morgan fingerprint density at radius 3 is 2.69 bits per heavy atom. The van der Waals surface area contributed by atoms with Crippen molar-refractivity contribution < 1.29 is 0 Å². The predicted octanol–water partition coefficient (Wildman–Crippen LogP) is 4.84. The number of nitriles is 1. The highest BCUT2D eigenvalue weighted by molar-refractivity contribution is 5.90. The van der Waals surface area contributed by atoms with Gasteiger partial charge in [0.15, 0.2) is 0 Å². The fraction of sp³-hybridized carbons (Fsp3) is 0.0417. The zero-order chi connectivity index (χ0) is 21.9. The molecule has 8 heteroatoms. The van der Waals surface area contributed by atoms with Gasteiger partial charge in [-0.15, -0.1) is 10.2 Å². The highest BCUT2D eigenvalue weighted by Crippen LogP contribution is 2.31. The second-order valence-electron chi connectivity index (χ2n) is 7.26. The summed E-state index contributed by atoms with van der Waals surface area (Å²) in [5.74, 6) is 0.549. The largest absolute Gasteiger partial charge is 0.361 e. The standard InChI is InChI=1S/C24H18N8/c1-15-20-10-11-27-22(20)9-8-21(15)28-23-18(13-26-14-19(23)12-25)7-4-16-2-5-17(6-3-16)24-29-31-32-30-24/h2-11,13-14,27H,1H3,(H,26,28)(H,29,30,31,32). The van der Waals surface area contributed by atoms with Crippen molar-refractivity contribution in [2.75, 3.05) is 5.32 Å². The lowest BCUT2D eigenvalue weighted by atomic mass is 10.1. The Morgan fingerprint density at radius 1 is 1.03 bits per heavy atom. The summed E-state index contributed by atoms with van der Waals surface area (Å²) in [6.45, 7) is 2.06. The topological polar surface area (TPSA) is 119 Å². The highest BCUT2D eigenvalue weighted by Gasteiger charge is 2.11. The van der Waals surface area contributed by atoms with E-state index >= 15 is 0 Å². The van der Waals surface area contributed by atoms with E-state index in [2.05, 4.69) is 48.9 Å². The third kappa shape index (κ3) is 3.59. The Bertz CT molecular complexity index is 1450. The van der Waals surface area contributed by atoms with Gasteiger partial charge in [0.25, 0.3) is 0 Å². The lowest BCUT2D eigenvalue weighted by Gasteiger charge is -2.14. The van der Waals surface area contributed by atoms with Gasteiger partial charge in [0.1, 0.15) is 6.07 Å². The molecule has 154 valence electrons. The van der Waals surface area contributed by atoms with E-state index in [1.807, 2.05) is 60.8 Å². The molecule has 0 radical (unpaired) electrons. The lowest BCUT2D eigenvalue weighted by molar-refractivity contribution is 0.881. The molecular weight excluding hydrogens is 400 g/mol. The zero-order valence-corrected chi connectivity index (χ0v) is 17.2. The molecule has 3 N–H and O–H groups in total. The number of fused-ring (bicyclic) bond motifs is 1. The van der Waals surface area contributed by atoms with Gasteiger partial charge in [-0.2, -0.15) is 10.5 Å². The third-order valence-corrected chi connectivity index (χ3v) is 5.33. The van der Waals surface area contributed by atoms with Gasteiger partial charge in [-0.1, -0.05) is 36.4 Å². The van der Waals surface area contributed by atoms with Crippen LogP contribution in [0.2, 0.25) is 0 Å². The van der Waals surface area contributed by atoms with Crippen molar-refractivity contribution in [2.45, 2.75) is 6.92 Å². The van der Waals surface area contributed by atoms with Crippen LogP contribution in [0.15, 0.2) is 61.1 Å². The van der Waals surface area contributed by atoms with Crippen molar-refractivity contribution >= 4 is 34.4 Å². The van der Waals surface area contributed by atoms with Gasteiger partial charge >= 0.3 is 0 Å². The summed E-state index contributed by atoms with van der Waals surface area (Å²) in [6, 6.07) is 16.1. The summed E-state index contributed by atoms with van der Waals surface area (Å²) in [6.07, 6.45) is 9.17. The van der Waals surface area contributed by atoms with Gasteiger partial charge in [-0.3, -0.25) is 4.98 Å². The van der Waals surface area contributed by atoms with E-state index in [0.717, 1.165) is 44.5 Å². The van der Waals surface area contributed by atoms with Crippen LogP contribution < -0.4 is 5.32 Å². The molecule has 0 spiro atoms. The van der Waals surface area contributed by atoms with E-state index in [0.29, 0.717) is 11.4 Å². The summed E-state index contributed by atoms with van der Waals surface area (Å²) in [5.41, 5.74) is 7.02. The summed E-state index contributed by atoms with van der Waals surface area (Å²) >= 11 is 0. The van der Waals surface area contributed by atoms with Crippen molar-refractivity contribution in [3.63, 3.8) is 0 Å². The molecule has 0 aliphatic carbocycles. The van der Waals surface area contributed by atoms with Crippen LogP contribution >= 0.6 is 0 Å². The van der Waals surface area contributed by atoms with Gasteiger partial charge in [-0.25, -0.2) is 0 Å². The molecule has 3 aromatic heterocycles. The Hall–Kier alpha value is -4.77. The summed E-state index contributed by atoms with van der Waals surface area (Å²) in [4.78, 5) is 7.46. The van der Waals surface area contributed by atoms with Gasteiger partial charge in [-0.05, 0) is 41.5 Å². The Morgan fingerprint density at radius 2 is 1.91 bits per heavy atom. The SMILES string of the molecule is Cc1c(Nc2c(C#N)cncc2C=Cc2ccc(-c3nn[nH]n3)cc2)ccc2[nH]ccc12. The number of aromatic amines is 2. The molecule has 2 aromatic carbocycles. The summed E-state index contributed by atoms with van der Waals surface area (Å²) in [7, 11) is 0. The van der Waals surface area contributed by atoms with E-state index in [4.69, 9.17) is 0 Å². The number of H-pyrrole nitrogens is 2. The second kappa shape index (κ2) is 8.16. The van der Waals surface area contributed by atoms with Crippen molar-refractivity contribution in [1.29, 1.82) is 5.26 Å². The molecule has 0 aliphatic heterocycles. The quantitative estimate of drug-likeness (QED) is 0.376. The molecule has 0 saturated heterocycles. The maximum absolute atomic E-state index is 9.66. The van der Waals surface area contributed by atoms with Crippen molar-refractivity contribution in [1.82, 2.24) is 30.6 Å². The molecule has 5 rings (SSSR count). The molecule has 0 fully saturated rings. The minimum atomic E-state index is 0.480. The van der Waals surface area contributed by atoms with Crippen molar-refractivity contribution in [3.8, 4) is 17.5 Å². The lowest BCUT2D eigenvalue weighted by Crippen LogP contribution is -1.99. The first-order chi connectivity index (χ1) is 15.7. The van der Waals surface area contributed by atoms with Gasteiger partial charge in [0, 0.05) is 46.3 Å². The van der Waals surface area contributed by atoms with Crippen molar-refractivity contribution in [3.05, 3.63) is 83.3 Å². The Labute approximate surface area is 183 Å². The molecule has 8 nitrogen and oxygen atoms in total. The molecule has 3 heterocycles. The highest BCUT2D eigenvalue weighted by atomic mass is 15.5. The first-order valence-electron chi connectivity index (χ1n) is 9.97. The minimum Gasteiger partial charge on any atom is -0.361 e. The van der Waals surface area contributed by atoms with E-state index in [1.165, 1.54) is 0 Å². The molecule has 0 aliphatic rings. The van der Waals surface area contributed by atoms with Crippen molar-refractivity contribution in [2.24, 2.45) is 0 Å². The third-order valence-electron chi connectivity index (χ3n) is 5.33. The van der Waals surface area contributed by atoms with E-state index < -0.39 is 0 Å². The average Bonchev–Trinajstić information content (AvgIpc) is 3.53. The fourth-order valence-electron chi connectivity index (χ4n) is 3.59. The number of anilines is 2. The number of aryl methyl sites for hydroxylation is 1. The Balaban J connectivity index is 1.47. The number of aromatic nitrogens is 6. The molecule has 5 aromatic rings. The van der Waals surface area contributed by atoms with Crippen LogP contribution in [0.25, 0.3) is 34.4 Å². The molecule has 0 atom stereocenters. The molecule has 0 bridgehead atoms. The van der Waals surface area contributed by atoms with E-state index in [9.17, 15) is 5.26 Å². The van der Waals surface area contributed by atoms with Crippen LogP contribution in [-0.2, 0) is 0 Å². The van der Waals surface area contributed by atoms with Crippen LogP contribution in [-0.4, -0.2) is 30.6 Å². The normalized spacial score (nSPS) is 11.1. The number of rotatable bonds is 5. The van der Waals surface area contributed by atoms with Gasteiger partial charge in [0.2, 0.25) is 5.82 Å². The fourth-order valence-corrected chi connectivity index (χ4v) is 3.59. The minimum absolute atomic E-state index is 0.480. The number of tetrazole rings is 1. The van der Waals surface area contributed by atoms with Gasteiger partial charge < -0.3 is 10.3 Å². The number of pyridine rings is 1. The van der Waals surface area contributed by atoms with Crippen LogP contribution in [0.1, 0.15) is 22.3 Å². The number of nitrogens with zero attached hydrogens (tertiary/aromatic N) is 5. The van der Waals surface area contributed by atoms with Gasteiger partial charge in [0.05, 0.1) is 11.3 Å².